The van der Waals surface area contributed by atoms with E-state index < -0.39 is 17.8 Å². The fourth-order valence-corrected chi connectivity index (χ4v) is 3.08. The second-order valence-electron chi connectivity index (χ2n) is 4.86. The Morgan fingerprint density at radius 3 is 2.65 bits per heavy atom. The van der Waals surface area contributed by atoms with Crippen LogP contribution >= 0.6 is 11.8 Å². The van der Waals surface area contributed by atoms with Gasteiger partial charge in [0.15, 0.2) is 5.69 Å². The van der Waals surface area contributed by atoms with Gasteiger partial charge in [0.2, 0.25) is 0 Å². The van der Waals surface area contributed by atoms with E-state index in [-0.39, 0.29) is 5.69 Å². The van der Waals surface area contributed by atoms with Gasteiger partial charge in [0.05, 0.1) is 0 Å². The molecule has 112 valence electrons. The highest BCUT2D eigenvalue weighted by molar-refractivity contribution is 7.98. The summed E-state index contributed by atoms with van der Waals surface area (Å²) in [6.45, 7) is 1.16. The summed E-state index contributed by atoms with van der Waals surface area (Å²) >= 11 is 1.77. The lowest BCUT2D eigenvalue weighted by Gasteiger charge is -2.31. The first-order valence-corrected chi connectivity index (χ1v) is 7.72. The molecule has 1 aliphatic heterocycles. The predicted octanol–water partition coefficient (Wildman–Crippen LogP) is 2.64. The van der Waals surface area contributed by atoms with E-state index in [0.717, 1.165) is 24.7 Å². The van der Waals surface area contributed by atoms with Crippen molar-refractivity contribution in [3.05, 3.63) is 17.5 Å². The Bertz CT molecular complexity index is 467. The van der Waals surface area contributed by atoms with Crippen molar-refractivity contribution in [1.82, 2.24) is 15.1 Å². The predicted molar refractivity (Wildman–Crippen MR) is 70.6 cm³/mol. The van der Waals surface area contributed by atoms with Crippen molar-refractivity contribution in [2.75, 3.05) is 25.1 Å². The van der Waals surface area contributed by atoms with Crippen molar-refractivity contribution in [2.24, 2.45) is 5.92 Å². The zero-order valence-electron chi connectivity index (χ0n) is 11.0. The first-order chi connectivity index (χ1) is 9.41. The molecular weight excluding hydrogens is 291 g/mol. The molecule has 0 unspecified atom stereocenters. The second kappa shape index (κ2) is 6.07. The molecule has 2 rings (SSSR count). The third-order valence-corrected chi connectivity index (χ3v) is 4.21. The number of thioether (sulfide) groups is 1. The van der Waals surface area contributed by atoms with E-state index in [4.69, 9.17) is 0 Å². The van der Waals surface area contributed by atoms with Crippen LogP contribution in [0.3, 0.4) is 0 Å². The summed E-state index contributed by atoms with van der Waals surface area (Å²) in [4.78, 5) is 13.7. The molecule has 1 N–H and O–H groups in total. The van der Waals surface area contributed by atoms with Crippen molar-refractivity contribution in [3.8, 4) is 0 Å². The highest BCUT2D eigenvalue weighted by Gasteiger charge is 2.34. The first-order valence-electron chi connectivity index (χ1n) is 6.32. The van der Waals surface area contributed by atoms with Crippen LogP contribution < -0.4 is 0 Å². The molecule has 0 bridgehead atoms. The first kappa shape index (κ1) is 15.2. The fourth-order valence-electron chi connectivity index (χ4n) is 2.28. The van der Waals surface area contributed by atoms with E-state index in [1.165, 1.54) is 0 Å². The number of halogens is 3. The number of rotatable bonds is 3. The summed E-state index contributed by atoms with van der Waals surface area (Å²) in [6, 6.07) is 0.774. The highest BCUT2D eigenvalue weighted by Crippen LogP contribution is 2.28. The van der Waals surface area contributed by atoms with Crippen LogP contribution in [0.5, 0.6) is 0 Å². The Morgan fingerprint density at radius 2 is 2.15 bits per heavy atom. The van der Waals surface area contributed by atoms with Crippen molar-refractivity contribution in [1.29, 1.82) is 0 Å². The van der Waals surface area contributed by atoms with Crippen LogP contribution in [0.2, 0.25) is 0 Å². The highest BCUT2D eigenvalue weighted by atomic mass is 32.2. The number of nitrogens with one attached hydrogen (secondary N) is 1. The molecule has 1 aromatic rings. The molecule has 0 aromatic carbocycles. The second-order valence-corrected chi connectivity index (χ2v) is 5.77. The SMILES string of the molecule is CSCC1CCN(C(=O)c2cc(C(F)(F)F)[nH]n2)CC1. The summed E-state index contributed by atoms with van der Waals surface area (Å²) in [5.41, 5.74) is -1.15. The molecule has 8 heteroatoms. The van der Waals surface area contributed by atoms with E-state index in [2.05, 4.69) is 5.10 Å². The number of hydrogen-bond donors (Lipinski definition) is 1. The van der Waals surface area contributed by atoms with Crippen LogP contribution in [0, 0.1) is 5.92 Å². The molecule has 0 saturated carbocycles. The summed E-state index contributed by atoms with van der Waals surface area (Å²) in [6.07, 6.45) is -0.678. The van der Waals surface area contributed by atoms with Crippen LogP contribution in [0.4, 0.5) is 13.2 Å². The number of amides is 1. The van der Waals surface area contributed by atoms with Gasteiger partial charge in [-0.3, -0.25) is 9.89 Å². The molecule has 20 heavy (non-hydrogen) atoms. The number of likely N-dealkylation sites (tertiary alicyclic amines) is 1. The van der Waals surface area contributed by atoms with Gasteiger partial charge < -0.3 is 4.90 Å². The summed E-state index contributed by atoms with van der Waals surface area (Å²) in [5.74, 6) is 1.21. The minimum absolute atomic E-state index is 0.166. The van der Waals surface area contributed by atoms with Crippen LogP contribution in [0.25, 0.3) is 0 Å². The average Bonchev–Trinajstić information content (AvgIpc) is 2.89. The van der Waals surface area contributed by atoms with Crippen LogP contribution in [0.15, 0.2) is 6.07 Å². The van der Waals surface area contributed by atoms with Crippen LogP contribution in [-0.4, -0.2) is 46.1 Å². The molecule has 1 aromatic heterocycles. The Labute approximate surface area is 119 Å². The quantitative estimate of drug-likeness (QED) is 0.934. The van der Waals surface area contributed by atoms with E-state index in [0.29, 0.717) is 19.0 Å². The molecule has 0 atom stereocenters. The maximum absolute atomic E-state index is 12.4. The van der Waals surface area contributed by atoms with Gasteiger partial charge in [0, 0.05) is 19.2 Å². The maximum atomic E-state index is 12.4. The number of carbonyl (C=O) groups excluding carboxylic acids is 1. The van der Waals surface area contributed by atoms with Crippen molar-refractivity contribution < 1.29 is 18.0 Å². The Hall–Kier alpha value is -1.18. The zero-order chi connectivity index (χ0) is 14.8. The molecule has 0 spiro atoms. The van der Waals surface area contributed by atoms with Crippen molar-refractivity contribution in [2.45, 2.75) is 19.0 Å². The summed E-state index contributed by atoms with van der Waals surface area (Å²) < 4.78 is 37.3. The normalized spacial score (nSPS) is 17.5. The fraction of sp³-hybridized carbons (Fsp3) is 0.667. The Kier molecular flexibility index (Phi) is 4.62. The molecule has 1 saturated heterocycles. The molecule has 1 aliphatic rings. The van der Waals surface area contributed by atoms with Gasteiger partial charge in [0.1, 0.15) is 5.69 Å². The molecule has 0 aliphatic carbocycles. The zero-order valence-corrected chi connectivity index (χ0v) is 11.9. The van der Waals surface area contributed by atoms with Crippen LogP contribution in [0.1, 0.15) is 29.0 Å². The molecular formula is C12H16F3N3OS. The van der Waals surface area contributed by atoms with E-state index >= 15 is 0 Å². The van der Waals surface area contributed by atoms with Gasteiger partial charge >= 0.3 is 6.18 Å². The van der Waals surface area contributed by atoms with Gasteiger partial charge in [0.25, 0.3) is 5.91 Å². The van der Waals surface area contributed by atoms with Gasteiger partial charge in [-0.1, -0.05) is 0 Å². The van der Waals surface area contributed by atoms with E-state index in [1.54, 1.807) is 16.7 Å². The van der Waals surface area contributed by atoms with E-state index in [9.17, 15) is 18.0 Å². The molecule has 0 radical (unpaired) electrons. The monoisotopic (exact) mass is 307 g/mol. The lowest BCUT2D eigenvalue weighted by Crippen LogP contribution is -2.39. The van der Waals surface area contributed by atoms with Crippen molar-refractivity contribution in [3.63, 3.8) is 0 Å². The number of carbonyl (C=O) groups is 1. The van der Waals surface area contributed by atoms with Crippen LogP contribution in [-0.2, 0) is 6.18 Å². The number of hydrogen-bond acceptors (Lipinski definition) is 3. The topological polar surface area (TPSA) is 49.0 Å². The number of nitrogens with zero attached hydrogens (tertiary/aromatic N) is 2. The lowest BCUT2D eigenvalue weighted by molar-refractivity contribution is -0.141. The summed E-state index contributed by atoms with van der Waals surface area (Å²) in [5, 5.41) is 5.34. The third kappa shape index (κ3) is 3.47. The molecule has 1 amide bonds. The number of alkyl halides is 3. The standard InChI is InChI=1S/C12H16F3N3OS/c1-20-7-8-2-4-18(5-3-8)11(19)9-6-10(17-16-9)12(13,14)15/h6,8H,2-5,7H2,1H3,(H,16,17). The summed E-state index contributed by atoms with van der Waals surface area (Å²) in [7, 11) is 0. The minimum Gasteiger partial charge on any atom is -0.337 e. The van der Waals surface area contributed by atoms with Gasteiger partial charge in [-0.2, -0.15) is 30.0 Å². The van der Waals surface area contributed by atoms with E-state index in [1.807, 2.05) is 11.4 Å². The van der Waals surface area contributed by atoms with Gasteiger partial charge in [-0.25, -0.2) is 0 Å². The third-order valence-electron chi connectivity index (χ3n) is 3.41. The lowest BCUT2D eigenvalue weighted by atomic mass is 9.99. The average molecular weight is 307 g/mol. The largest absolute Gasteiger partial charge is 0.432 e. The maximum Gasteiger partial charge on any atom is 0.432 e. The van der Waals surface area contributed by atoms with Crippen molar-refractivity contribution >= 4 is 17.7 Å². The van der Waals surface area contributed by atoms with Gasteiger partial charge in [-0.15, -0.1) is 0 Å². The molecule has 2 heterocycles. The number of aromatic nitrogens is 2. The number of piperidine rings is 1. The molecule has 1 fully saturated rings. The minimum atomic E-state index is -4.50. The smallest absolute Gasteiger partial charge is 0.337 e. The Balaban J connectivity index is 1.97. The Morgan fingerprint density at radius 1 is 1.50 bits per heavy atom. The van der Waals surface area contributed by atoms with Gasteiger partial charge in [-0.05, 0) is 30.8 Å². The molecule has 4 nitrogen and oxygen atoms in total. The number of aromatic amines is 1. The number of H-pyrrole nitrogens is 1.